The van der Waals surface area contributed by atoms with E-state index < -0.39 is 5.97 Å². The minimum atomic E-state index is -0.877. The number of aromatic carboxylic acids is 1. The Bertz CT molecular complexity index is 451. The van der Waals surface area contributed by atoms with Crippen molar-refractivity contribution in [3.8, 4) is 5.75 Å². The number of methoxy groups -OCH3 is 1. The van der Waals surface area contributed by atoms with Gasteiger partial charge in [0.2, 0.25) is 0 Å². The number of carboxylic acid groups (broad SMARTS) is 1. The van der Waals surface area contributed by atoms with Crippen LogP contribution < -0.4 is 4.74 Å². The molecule has 0 amide bonds. The Morgan fingerprint density at radius 3 is 2.42 bits per heavy atom. The van der Waals surface area contributed by atoms with Crippen LogP contribution >= 0.6 is 12.4 Å². The van der Waals surface area contributed by atoms with Crippen molar-refractivity contribution in [1.29, 1.82) is 0 Å². The van der Waals surface area contributed by atoms with Crippen LogP contribution in [0.15, 0.2) is 18.2 Å². The first kappa shape index (κ1) is 15.8. The van der Waals surface area contributed by atoms with Gasteiger partial charge < -0.3 is 9.84 Å². The predicted molar refractivity (Wildman–Crippen MR) is 77.6 cm³/mol. The van der Waals surface area contributed by atoms with E-state index in [9.17, 15) is 4.79 Å². The fourth-order valence-corrected chi connectivity index (χ4v) is 2.91. The van der Waals surface area contributed by atoms with E-state index in [2.05, 4.69) is 6.92 Å². The van der Waals surface area contributed by atoms with Crippen molar-refractivity contribution in [2.24, 2.45) is 0 Å². The van der Waals surface area contributed by atoms with Crippen molar-refractivity contribution in [3.05, 3.63) is 29.3 Å². The average molecular weight is 285 g/mol. The maximum Gasteiger partial charge on any atom is 0.335 e. The van der Waals surface area contributed by atoms with Gasteiger partial charge in [-0.1, -0.05) is 26.2 Å². The number of hydrogen-bond acceptors (Lipinski definition) is 2. The molecule has 1 saturated carbocycles. The molecule has 4 heteroatoms. The Balaban J connectivity index is 0.00000180. The summed E-state index contributed by atoms with van der Waals surface area (Å²) in [5.41, 5.74) is 1.44. The smallest absolute Gasteiger partial charge is 0.335 e. The van der Waals surface area contributed by atoms with E-state index in [0.29, 0.717) is 5.56 Å². The summed E-state index contributed by atoms with van der Waals surface area (Å²) < 4.78 is 5.41. The lowest BCUT2D eigenvalue weighted by atomic mass is 9.70. The van der Waals surface area contributed by atoms with E-state index in [1.165, 1.54) is 19.3 Å². The summed E-state index contributed by atoms with van der Waals surface area (Å²) in [6, 6.07) is 5.17. The van der Waals surface area contributed by atoms with Crippen molar-refractivity contribution >= 4 is 18.4 Å². The van der Waals surface area contributed by atoms with Gasteiger partial charge in [0, 0.05) is 5.56 Å². The van der Waals surface area contributed by atoms with E-state index in [4.69, 9.17) is 9.84 Å². The quantitative estimate of drug-likeness (QED) is 0.911. The Hall–Kier alpha value is -1.22. The highest BCUT2D eigenvalue weighted by Gasteiger charge is 2.32. The van der Waals surface area contributed by atoms with E-state index in [-0.39, 0.29) is 17.8 Å². The van der Waals surface area contributed by atoms with Gasteiger partial charge in [-0.05, 0) is 36.5 Å². The van der Waals surface area contributed by atoms with Gasteiger partial charge in [0.05, 0.1) is 12.7 Å². The van der Waals surface area contributed by atoms with Crippen LogP contribution in [0.25, 0.3) is 0 Å². The monoisotopic (exact) mass is 284 g/mol. The van der Waals surface area contributed by atoms with Gasteiger partial charge in [0.25, 0.3) is 0 Å². The van der Waals surface area contributed by atoms with Crippen LogP contribution in [0, 0.1) is 0 Å². The van der Waals surface area contributed by atoms with E-state index in [0.717, 1.165) is 24.2 Å². The summed E-state index contributed by atoms with van der Waals surface area (Å²) in [4.78, 5) is 11.1. The second-order valence-corrected chi connectivity index (χ2v) is 5.34. The Morgan fingerprint density at radius 2 is 1.89 bits per heavy atom. The van der Waals surface area contributed by atoms with Crippen LogP contribution in [0.3, 0.4) is 0 Å². The highest BCUT2D eigenvalue weighted by atomic mass is 35.5. The number of hydrogen-bond donors (Lipinski definition) is 1. The molecule has 1 aliphatic rings. The molecule has 0 atom stereocenters. The summed E-state index contributed by atoms with van der Waals surface area (Å²) in [6.45, 7) is 2.22. The molecule has 19 heavy (non-hydrogen) atoms. The summed E-state index contributed by atoms with van der Waals surface area (Å²) in [5.74, 6) is -0.0669. The SMILES string of the molecule is COc1ccc(C(=O)O)cc1C1(C)CCCCC1.Cl. The highest BCUT2D eigenvalue weighted by Crippen LogP contribution is 2.43. The number of ether oxygens (including phenoxy) is 1. The van der Waals surface area contributed by atoms with Crippen molar-refractivity contribution in [3.63, 3.8) is 0 Å². The molecule has 1 aromatic carbocycles. The largest absolute Gasteiger partial charge is 0.496 e. The number of benzene rings is 1. The standard InChI is InChI=1S/C15H20O3.ClH/c1-15(8-4-3-5-9-15)12-10-11(14(16)17)6-7-13(12)18-2;/h6-7,10H,3-5,8-9H2,1-2H3,(H,16,17);1H. The number of halogens is 1. The molecule has 0 heterocycles. The molecule has 0 radical (unpaired) electrons. The molecule has 2 rings (SSSR count). The van der Waals surface area contributed by atoms with Crippen LogP contribution in [0.5, 0.6) is 5.75 Å². The first-order chi connectivity index (χ1) is 8.57. The summed E-state index contributed by atoms with van der Waals surface area (Å²) in [5, 5.41) is 9.11. The van der Waals surface area contributed by atoms with Crippen molar-refractivity contribution in [1.82, 2.24) is 0 Å². The molecule has 0 unspecified atom stereocenters. The summed E-state index contributed by atoms with van der Waals surface area (Å²) in [6.07, 6.45) is 5.89. The summed E-state index contributed by atoms with van der Waals surface area (Å²) in [7, 11) is 1.64. The third kappa shape index (κ3) is 3.21. The van der Waals surface area contributed by atoms with Gasteiger partial charge in [0.1, 0.15) is 5.75 Å². The molecule has 1 fully saturated rings. The molecule has 1 aliphatic carbocycles. The van der Waals surface area contributed by atoms with Crippen LogP contribution in [-0.4, -0.2) is 18.2 Å². The van der Waals surface area contributed by atoms with Gasteiger partial charge in [-0.2, -0.15) is 0 Å². The predicted octanol–water partition coefficient (Wildman–Crippen LogP) is 4.04. The zero-order chi connectivity index (χ0) is 13.2. The van der Waals surface area contributed by atoms with E-state index >= 15 is 0 Å². The molecular formula is C15H21ClO3. The second kappa shape index (κ2) is 6.29. The lowest BCUT2D eigenvalue weighted by Gasteiger charge is -2.35. The van der Waals surface area contributed by atoms with Crippen LogP contribution in [0.2, 0.25) is 0 Å². The number of carbonyl (C=O) groups is 1. The van der Waals surface area contributed by atoms with E-state index in [1.807, 2.05) is 0 Å². The molecule has 1 N–H and O–H groups in total. The van der Waals surface area contributed by atoms with Crippen molar-refractivity contribution in [2.45, 2.75) is 44.4 Å². The Kier molecular flexibility index (Phi) is 5.24. The zero-order valence-electron chi connectivity index (χ0n) is 11.4. The molecule has 0 aliphatic heterocycles. The van der Waals surface area contributed by atoms with Crippen LogP contribution in [-0.2, 0) is 5.41 Å². The normalized spacial score (nSPS) is 17.4. The third-order valence-corrected chi connectivity index (χ3v) is 4.05. The first-order valence-electron chi connectivity index (χ1n) is 6.49. The minimum absolute atomic E-state index is 0. The lowest BCUT2D eigenvalue weighted by Crippen LogP contribution is -2.26. The molecule has 0 saturated heterocycles. The molecule has 1 aromatic rings. The van der Waals surface area contributed by atoms with Gasteiger partial charge in [-0.15, -0.1) is 12.4 Å². The maximum atomic E-state index is 11.1. The molecule has 0 bridgehead atoms. The molecule has 0 spiro atoms. The van der Waals surface area contributed by atoms with E-state index in [1.54, 1.807) is 25.3 Å². The third-order valence-electron chi connectivity index (χ3n) is 4.05. The highest BCUT2D eigenvalue weighted by molar-refractivity contribution is 5.88. The van der Waals surface area contributed by atoms with Crippen LogP contribution in [0.1, 0.15) is 54.9 Å². The maximum absolute atomic E-state index is 11.1. The fraction of sp³-hybridized carbons (Fsp3) is 0.533. The van der Waals surface area contributed by atoms with Gasteiger partial charge in [-0.25, -0.2) is 4.79 Å². The van der Waals surface area contributed by atoms with Crippen molar-refractivity contribution in [2.75, 3.05) is 7.11 Å². The second-order valence-electron chi connectivity index (χ2n) is 5.34. The molecule has 0 aromatic heterocycles. The van der Waals surface area contributed by atoms with Gasteiger partial charge in [-0.3, -0.25) is 0 Å². The summed E-state index contributed by atoms with van der Waals surface area (Å²) >= 11 is 0. The Labute approximate surface area is 120 Å². The average Bonchev–Trinajstić information content (AvgIpc) is 2.38. The Morgan fingerprint density at radius 1 is 1.26 bits per heavy atom. The van der Waals surface area contributed by atoms with Crippen molar-refractivity contribution < 1.29 is 14.6 Å². The molecule has 106 valence electrons. The minimum Gasteiger partial charge on any atom is -0.496 e. The van der Waals surface area contributed by atoms with Gasteiger partial charge >= 0.3 is 5.97 Å². The zero-order valence-corrected chi connectivity index (χ0v) is 12.3. The molecule has 3 nitrogen and oxygen atoms in total. The fourth-order valence-electron chi connectivity index (χ4n) is 2.91. The first-order valence-corrected chi connectivity index (χ1v) is 6.49. The lowest BCUT2D eigenvalue weighted by molar-refractivity contribution is 0.0696. The van der Waals surface area contributed by atoms with Crippen LogP contribution in [0.4, 0.5) is 0 Å². The number of rotatable bonds is 3. The molecular weight excluding hydrogens is 264 g/mol. The topological polar surface area (TPSA) is 46.5 Å². The number of carboxylic acids is 1. The van der Waals surface area contributed by atoms with Gasteiger partial charge in [0.15, 0.2) is 0 Å².